The molecule has 530 valence electrons. The molecule has 3 fully saturated rings. The highest BCUT2D eigenvalue weighted by molar-refractivity contribution is 6.76. The fourth-order valence-corrected chi connectivity index (χ4v) is 10.2. The zero-order valence-electron chi connectivity index (χ0n) is 51.7. The number of carbonyl (C=O) groups is 11. The van der Waals surface area contributed by atoms with E-state index in [0.29, 0.717) is 5.56 Å². The number of alkyl halides is 7. The van der Waals surface area contributed by atoms with Gasteiger partial charge in [0.25, 0.3) is 19.4 Å². The number of ether oxygens (including phenoxy) is 15. The second-order valence-corrected chi connectivity index (χ2v) is 25.9. The Morgan fingerprint density at radius 1 is 0.469 bits per heavy atom. The van der Waals surface area contributed by atoms with Gasteiger partial charge in [-0.3, -0.25) is 28.8 Å². The average Bonchev–Trinajstić information content (AvgIpc) is 0.758. The average molecular weight is 1510 g/mol. The van der Waals surface area contributed by atoms with Gasteiger partial charge in [-0.2, -0.15) is 0 Å². The predicted molar refractivity (Wildman–Crippen MR) is 339 cm³/mol. The fraction of sp³-hybridized carbons (Fsp3) is 0.435. The van der Waals surface area contributed by atoms with E-state index in [1.54, 1.807) is 36.4 Å². The predicted octanol–water partition coefficient (Wildman–Crippen LogP) is 5.64. The van der Waals surface area contributed by atoms with Gasteiger partial charge < -0.3 is 87.0 Å². The van der Waals surface area contributed by atoms with Crippen molar-refractivity contribution in [2.45, 2.75) is 127 Å². The van der Waals surface area contributed by atoms with Gasteiger partial charge in [0.1, 0.15) is 62.2 Å². The number of amides is 3. The van der Waals surface area contributed by atoms with Gasteiger partial charge in [-0.15, -0.1) is 11.6 Å². The molecule has 3 aliphatic rings. The molecule has 36 heteroatoms. The molecule has 4 aromatic rings. The van der Waals surface area contributed by atoms with Crippen molar-refractivity contribution in [2.24, 2.45) is 0 Å². The molecule has 4 aromatic carbocycles. The highest BCUT2D eigenvalue weighted by atomic mass is 35.6. The second kappa shape index (κ2) is 36.6. The minimum Gasteiger partial charge on any atom is -0.467 e. The molecule has 3 heterocycles. The molecule has 15 atom stereocenters. The lowest BCUT2D eigenvalue weighted by atomic mass is 9.93. The van der Waals surface area contributed by atoms with Gasteiger partial charge in [-0.05, 0) is 42.0 Å². The quantitative estimate of drug-likeness (QED) is 0.0296. The Balaban J connectivity index is 1.43. The SMILES string of the molecule is COC(=O)[C@H]1O[C@@H](O[C@@H]2[C@@H](NC(=O)C(Cl)(Cl)Cl)[C@H](OCCNC(=O)OCc3ccccc3)O[C@H](COC(=O)c3ccccc3)[C@@H]2OC(=O)CCl)[C@H](OC(=O)c2ccccc2)[C@@H](OC(=O)c2ccccc2)[C@@H]1O[C@@H]1O[C@H](COC(C)=O)[C@H](OC(C)=O)[C@H](OC(C)=O)[C@H]1NC(=O)C(Cl)(Cl)Cl. The molecule has 0 unspecified atom stereocenters. The maximum absolute atomic E-state index is 14.8. The first-order valence-corrected chi connectivity index (χ1v) is 32.0. The summed E-state index contributed by atoms with van der Waals surface area (Å²) >= 11 is 42.8. The number of carbonyl (C=O) groups excluding carboxylic acids is 11. The van der Waals surface area contributed by atoms with Crippen molar-refractivity contribution in [1.29, 1.82) is 0 Å². The fourth-order valence-electron chi connectivity index (χ4n) is 9.85. The normalized spacial score (nSPS) is 25.3. The number of methoxy groups -OCH3 is 1. The second-order valence-electron chi connectivity index (χ2n) is 21.1. The third-order valence-corrected chi connectivity index (χ3v) is 15.4. The van der Waals surface area contributed by atoms with E-state index in [2.05, 4.69) is 16.0 Å². The number of esters is 8. The minimum absolute atomic E-state index is 0.0141. The van der Waals surface area contributed by atoms with Crippen LogP contribution in [0.4, 0.5) is 4.79 Å². The summed E-state index contributed by atoms with van der Waals surface area (Å²) in [5.74, 6) is -13.2. The van der Waals surface area contributed by atoms with Crippen LogP contribution in [-0.2, 0) is 111 Å². The minimum atomic E-state index is -2.86. The zero-order valence-corrected chi connectivity index (χ0v) is 57.0. The van der Waals surface area contributed by atoms with Crippen molar-refractivity contribution in [1.82, 2.24) is 16.0 Å². The van der Waals surface area contributed by atoms with Gasteiger partial charge >= 0.3 is 53.8 Å². The van der Waals surface area contributed by atoms with E-state index < -0.39 is 191 Å². The molecule has 7 rings (SSSR count). The smallest absolute Gasteiger partial charge is 0.407 e. The molecule has 98 heavy (non-hydrogen) atoms. The molecule has 0 radical (unpaired) electrons. The third-order valence-electron chi connectivity index (χ3n) is 14.1. The third kappa shape index (κ3) is 22.3. The van der Waals surface area contributed by atoms with Crippen molar-refractivity contribution < 1.29 is 124 Å². The Morgan fingerprint density at radius 3 is 1.43 bits per heavy atom. The highest BCUT2D eigenvalue weighted by Crippen LogP contribution is 2.39. The van der Waals surface area contributed by atoms with Crippen molar-refractivity contribution in [3.63, 3.8) is 0 Å². The van der Waals surface area contributed by atoms with Crippen LogP contribution in [0.2, 0.25) is 0 Å². The molecular formula is C62H62Cl7N3O26. The topological polar surface area (TPSA) is 362 Å². The van der Waals surface area contributed by atoms with Crippen molar-refractivity contribution >= 4 is 147 Å². The number of halogens is 7. The maximum Gasteiger partial charge on any atom is 0.407 e. The van der Waals surface area contributed by atoms with Gasteiger partial charge in [0, 0.05) is 27.3 Å². The first-order valence-electron chi connectivity index (χ1n) is 29.2. The molecule has 0 aromatic heterocycles. The summed E-state index contributed by atoms with van der Waals surface area (Å²) < 4.78 is 84.3. The van der Waals surface area contributed by atoms with Crippen LogP contribution in [-0.4, -0.2) is 205 Å². The Labute approximate surface area is 593 Å². The van der Waals surface area contributed by atoms with E-state index in [4.69, 9.17) is 152 Å². The number of rotatable bonds is 26. The summed E-state index contributed by atoms with van der Waals surface area (Å²) in [7, 11) is 0.852. The van der Waals surface area contributed by atoms with Crippen LogP contribution in [0.1, 0.15) is 57.4 Å². The van der Waals surface area contributed by atoms with Gasteiger partial charge in [-0.25, -0.2) is 24.0 Å². The van der Waals surface area contributed by atoms with Crippen LogP contribution in [0.5, 0.6) is 0 Å². The van der Waals surface area contributed by atoms with Crippen molar-refractivity contribution in [2.75, 3.05) is 39.4 Å². The van der Waals surface area contributed by atoms with Gasteiger partial charge in [-0.1, -0.05) is 155 Å². The van der Waals surface area contributed by atoms with Crippen molar-refractivity contribution in [3.05, 3.63) is 144 Å². The Bertz CT molecular complexity index is 3420. The monoisotopic (exact) mass is 1510 g/mol. The molecule has 0 saturated carbocycles. The zero-order chi connectivity index (χ0) is 71.4. The van der Waals surface area contributed by atoms with Gasteiger partial charge in [0.05, 0.1) is 30.4 Å². The van der Waals surface area contributed by atoms with Crippen LogP contribution >= 0.6 is 81.2 Å². The molecular weight excluding hydrogens is 1450 g/mol. The lowest BCUT2D eigenvalue weighted by Crippen LogP contribution is -2.71. The molecule has 3 saturated heterocycles. The van der Waals surface area contributed by atoms with Crippen LogP contribution in [0.25, 0.3) is 0 Å². The van der Waals surface area contributed by atoms with E-state index in [0.717, 1.165) is 27.9 Å². The number of nitrogens with one attached hydrogen (secondary N) is 3. The standard InChI is InChI=1S/C62H62Cl7N3O26/c1-31(73)86-29-38-43(89-32(2)74)45(90-33(3)75)42(72-59(82)62(67,68)69)56(92-38)97-47-48(94-52(78)36-21-13-7-14-22-36)50(95-53(79)37-23-15-8-16-24-37)57(98-49(47)54(80)84-4)96-46-41(71-58(81)61(64,65)66)55(85-26-25-70-60(83)88-28-34-17-9-5-10-18-34)91-39(44(46)93-40(76)27-63)30-87-51(77)35-19-11-6-12-20-35/h5-24,38-39,41-50,55-57H,25-30H2,1-4H3,(H,70,83)(H,71,81)(H,72,82)/t38-,39-,41-,42-,43+,44+,45-,46-,47+,48+,49+,50-,55-,56+,57-/m1/s1. The summed E-state index contributed by atoms with van der Waals surface area (Å²) in [6, 6.07) is 25.9. The van der Waals surface area contributed by atoms with E-state index in [1.165, 1.54) is 84.9 Å². The summed E-state index contributed by atoms with van der Waals surface area (Å²) in [6.07, 6.45) is -29.0. The molecule has 29 nitrogen and oxygen atoms in total. The largest absolute Gasteiger partial charge is 0.467 e. The van der Waals surface area contributed by atoms with E-state index >= 15 is 0 Å². The van der Waals surface area contributed by atoms with Gasteiger partial charge in [0.15, 0.2) is 55.5 Å². The maximum atomic E-state index is 14.8. The van der Waals surface area contributed by atoms with Crippen LogP contribution < -0.4 is 16.0 Å². The van der Waals surface area contributed by atoms with E-state index in [9.17, 15) is 52.7 Å². The Morgan fingerprint density at radius 2 is 0.929 bits per heavy atom. The molecule has 0 bridgehead atoms. The summed E-state index contributed by atoms with van der Waals surface area (Å²) in [5.41, 5.74) is 0.216. The molecule has 3 amide bonds. The Kier molecular flexibility index (Phi) is 29.2. The van der Waals surface area contributed by atoms with Crippen LogP contribution in [0.3, 0.4) is 0 Å². The molecule has 0 aliphatic carbocycles. The first-order chi connectivity index (χ1) is 46.6. The number of benzene rings is 4. The summed E-state index contributed by atoms with van der Waals surface area (Å²) in [5, 5.41) is 7.20. The molecule has 3 aliphatic heterocycles. The lowest BCUT2D eigenvalue weighted by molar-refractivity contribution is -0.359. The Hall–Kier alpha value is -7.36. The summed E-state index contributed by atoms with van der Waals surface area (Å²) in [4.78, 5) is 151. The number of hydrogen-bond acceptors (Lipinski definition) is 26. The number of alkyl carbamates (subject to hydrolysis) is 1. The summed E-state index contributed by atoms with van der Waals surface area (Å²) in [6.45, 7) is 0.0383. The molecule has 3 N–H and O–H groups in total. The van der Waals surface area contributed by atoms with Crippen LogP contribution in [0, 0.1) is 0 Å². The molecule has 0 spiro atoms. The van der Waals surface area contributed by atoms with Crippen LogP contribution in [0.15, 0.2) is 121 Å². The first kappa shape index (κ1) is 78.0. The van der Waals surface area contributed by atoms with Crippen molar-refractivity contribution in [3.8, 4) is 0 Å². The van der Waals surface area contributed by atoms with E-state index in [1.807, 2.05) is 0 Å². The highest BCUT2D eigenvalue weighted by Gasteiger charge is 2.61. The van der Waals surface area contributed by atoms with Gasteiger partial charge in [0.2, 0.25) is 0 Å². The van der Waals surface area contributed by atoms with E-state index in [-0.39, 0.29) is 29.8 Å². The lowest BCUT2D eigenvalue weighted by Gasteiger charge is -2.50. The number of hydrogen-bond donors (Lipinski definition) is 3.